The van der Waals surface area contributed by atoms with Gasteiger partial charge in [-0.2, -0.15) is 0 Å². The Bertz CT molecular complexity index is 225. The van der Waals surface area contributed by atoms with Crippen molar-refractivity contribution < 1.29 is 0 Å². The summed E-state index contributed by atoms with van der Waals surface area (Å²) in [6.45, 7) is 5.29. The fourth-order valence-electron chi connectivity index (χ4n) is 1.02. The lowest BCUT2D eigenvalue weighted by Gasteiger charge is -2.01. The van der Waals surface area contributed by atoms with Gasteiger partial charge in [0, 0.05) is 26.9 Å². The van der Waals surface area contributed by atoms with E-state index in [0.717, 1.165) is 13.0 Å². The highest BCUT2D eigenvalue weighted by Crippen LogP contribution is 1.98. The second-order valence-electron chi connectivity index (χ2n) is 3.79. The second kappa shape index (κ2) is 9.50. The summed E-state index contributed by atoms with van der Waals surface area (Å²) in [5, 5.41) is 0. The minimum Gasteiger partial charge on any atom is -0.383 e. The zero-order valence-corrected chi connectivity index (χ0v) is 10.5. The molecule has 0 radical (unpaired) electrons. The fraction of sp³-hybridized carbons (Fsp3) is 0.615. The number of unbranched alkanes of at least 4 members (excludes halogenated alkanes) is 1. The van der Waals surface area contributed by atoms with Crippen molar-refractivity contribution in [2.75, 3.05) is 20.6 Å². The summed E-state index contributed by atoms with van der Waals surface area (Å²) in [5.41, 5.74) is 1.28. The van der Waals surface area contributed by atoms with Crippen LogP contribution in [0.3, 0.4) is 0 Å². The maximum absolute atomic E-state index is 4.39. The highest BCUT2D eigenvalue weighted by Gasteiger charge is 1.86. The van der Waals surface area contributed by atoms with Gasteiger partial charge >= 0.3 is 0 Å². The van der Waals surface area contributed by atoms with E-state index in [1.807, 2.05) is 31.4 Å². The first-order chi connectivity index (χ1) is 7.20. The van der Waals surface area contributed by atoms with Crippen molar-refractivity contribution in [2.45, 2.75) is 33.1 Å². The van der Waals surface area contributed by atoms with Gasteiger partial charge in [0.1, 0.15) is 0 Å². The molecule has 2 heteroatoms. The van der Waals surface area contributed by atoms with Crippen LogP contribution in [-0.4, -0.2) is 31.8 Å². The highest BCUT2D eigenvalue weighted by molar-refractivity contribution is 5.78. The van der Waals surface area contributed by atoms with E-state index >= 15 is 0 Å². The van der Waals surface area contributed by atoms with Crippen molar-refractivity contribution in [3.05, 3.63) is 23.9 Å². The molecule has 0 rings (SSSR count). The van der Waals surface area contributed by atoms with Crippen LogP contribution in [0.4, 0.5) is 0 Å². The first-order valence-electron chi connectivity index (χ1n) is 5.74. The molecule has 0 aromatic rings. The standard InChI is InChI=1S/C13H24N2/c1-5-7-10-14-12-13(6-2)9-8-11-15(3)4/h8-9,11-12H,5-7,10H2,1-4H3/b11-8+,13-9+,14-12?. The Balaban J connectivity index is 4.05. The van der Waals surface area contributed by atoms with E-state index in [4.69, 9.17) is 0 Å². The van der Waals surface area contributed by atoms with Gasteiger partial charge in [-0.15, -0.1) is 0 Å². The molecule has 0 saturated heterocycles. The third kappa shape index (κ3) is 9.26. The predicted octanol–water partition coefficient (Wildman–Crippen LogP) is 3.27. The first-order valence-corrected chi connectivity index (χ1v) is 5.74. The first kappa shape index (κ1) is 13.9. The largest absolute Gasteiger partial charge is 0.383 e. The average Bonchev–Trinajstić information content (AvgIpc) is 2.21. The van der Waals surface area contributed by atoms with Gasteiger partial charge in [-0.05, 0) is 30.7 Å². The molecule has 0 aromatic heterocycles. The van der Waals surface area contributed by atoms with Crippen molar-refractivity contribution in [1.82, 2.24) is 4.90 Å². The van der Waals surface area contributed by atoms with E-state index in [1.165, 1.54) is 18.4 Å². The predicted molar refractivity (Wildman–Crippen MR) is 69.5 cm³/mol. The van der Waals surface area contributed by atoms with Crippen LogP contribution in [0, 0.1) is 0 Å². The number of hydrogen-bond acceptors (Lipinski definition) is 2. The van der Waals surface area contributed by atoms with Crippen LogP contribution < -0.4 is 0 Å². The lowest BCUT2D eigenvalue weighted by Crippen LogP contribution is -1.99. The second-order valence-corrected chi connectivity index (χ2v) is 3.79. The molecular weight excluding hydrogens is 184 g/mol. The van der Waals surface area contributed by atoms with Crippen LogP contribution in [0.2, 0.25) is 0 Å². The van der Waals surface area contributed by atoms with Crippen molar-refractivity contribution in [3.8, 4) is 0 Å². The Morgan fingerprint density at radius 1 is 1.27 bits per heavy atom. The molecule has 15 heavy (non-hydrogen) atoms. The van der Waals surface area contributed by atoms with Crippen LogP contribution in [-0.2, 0) is 0 Å². The Kier molecular flexibility index (Phi) is 8.84. The van der Waals surface area contributed by atoms with Crippen molar-refractivity contribution in [1.29, 1.82) is 0 Å². The van der Waals surface area contributed by atoms with Crippen molar-refractivity contribution in [2.24, 2.45) is 4.99 Å². The van der Waals surface area contributed by atoms with Gasteiger partial charge in [0.05, 0.1) is 0 Å². The topological polar surface area (TPSA) is 15.6 Å². The van der Waals surface area contributed by atoms with Gasteiger partial charge in [-0.3, -0.25) is 4.99 Å². The Morgan fingerprint density at radius 2 is 2.00 bits per heavy atom. The van der Waals surface area contributed by atoms with Gasteiger partial charge in [0.25, 0.3) is 0 Å². The van der Waals surface area contributed by atoms with Crippen molar-refractivity contribution >= 4 is 6.21 Å². The Labute approximate surface area is 94.4 Å². The van der Waals surface area contributed by atoms with Crippen LogP contribution in [0.5, 0.6) is 0 Å². The summed E-state index contributed by atoms with van der Waals surface area (Å²) in [6, 6.07) is 0. The monoisotopic (exact) mass is 208 g/mol. The Morgan fingerprint density at radius 3 is 2.53 bits per heavy atom. The quantitative estimate of drug-likeness (QED) is 0.356. The number of aliphatic imine (C=N–C) groups is 1. The summed E-state index contributed by atoms with van der Waals surface area (Å²) in [4.78, 5) is 6.42. The summed E-state index contributed by atoms with van der Waals surface area (Å²) >= 11 is 0. The Hall–Kier alpha value is -1.05. The van der Waals surface area contributed by atoms with Crippen LogP contribution in [0.1, 0.15) is 33.1 Å². The van der Waals surface area contributed by atoms with E-state index in [2.05, 4.69) is 31.0 Å². The van der Waals surface area contributed by atoms with Gasteiger partial charge in [0.2, 0.25) is 0 Å². The molecule has 0 aliphatic carbocycles. The number of rotatable bonds is 7. The average molecular weight is 208 g/mol. The molecule has 0 fully saturated rings. The molecule has 0 atom stereocenters. The van der Waals surface area contributed by atoms with Crippen LogP contribution in [0.25, 0.3) is 0 Å². The van der Waals surface area contributed by atoms with Crippen molar-refractivity contribution in [3.63, 3.8) is 0 Å². The molecule has 0 spiro atoms. The number of nitrogens with zero attached hydrogens (tertiary/aromatic N) is 2. The van der Waals surface area contributed by atoms with Gasteiger partial charge in [-0.25, -0.2) is 0 Å². The molecule has 0 aromatic carbocycles. The molecule has 0 unspecified atom stereocenters. The lowest BCUT2D eigenvalue weighted by atomic mass is 10.2. The van der Waals surface area contributed by atoms with Gasteiger partial charge in [-0.1, -0.05) is 26.3 Å². The SMILES string of the molecule is CCCCN=C/C(=C/C=C/N(C)C)CC. The minimum absolute atomic E-state index is 0.950. The fourth-order valence-corrected chi connectivity index (χ4v) is 1.02. The number of allylic oxidation sites excluding steroid dienone is 3. The molecule has 0 N–H and O–H groups in total. The summed E-state index contributed by atoms with van der Waals surface area (Å²) in [5.74, 6) is 0. The molecular formula is C13H24N2. The zero-order chi connectivity index (χ0) is 11.5. The van der Waals surface area contributed by atoms with Crippen LogP contribution >= 0.6 is 0 Å². The van der Waals surface area contributed by atoms with E-state index in [9.17, 15) is 0 Å². The lowest BCUT2D eigenvalue weighted by molar-refractivity contribution is 0.564. The normalized spacial score (nSPS) is 12.9. The third-order valence-electron chi connectivity index (χ3n) is 2.00. The smallest absolute Gasteiger partial charge is 0.0389 e. The maximum atomic E-state index is 4.39. The number of hydrogen-bond donors (Lipinski definition) is 0. The third-order valence-corrected chi connectivity index (χ3v) is 2.00. The molecule has 0 amide bonds. The molecule has 0 saturated carbocycles. The van der Waals surface area contributed by atoms with E-state index in [0.29, 0.717) is 0 Å². The molecule has 0 aliphatic rings. The molecule has 0 heterocycles. The van der Waals surface area contributed by atoms with Gasteiger partial charge < -0.3 is 4.90 Å². The molecule has 0 bridgehead atoms. The highest BCUT2D eigenvalue weighted by atomic mass is 15.0. The van der Waals surface area contributed by atoms with E-state index < -0.39 is 0 Å². The summed E-state index contributed by atoms with van der Waals surface area (Å²) in [6.07, 6.45) is 11.6. The van der Waals surface area contributed by atoms with Crippen LogP contribution in [0.15, 0.2) is 28.9 Å². The molecule has 0 aliphatic heterocycles. The van der Waals surface area contributed by atoms with E-state index in [1.54, 1.807) is 0 Å². The maximum Gasteiger partial charge on any atom is 0.0389 e. The summed E-state index contributed by atoms with van der Waals surface area (Å²) < 4.78 is 0. The summed E-state index contributed by atoms with van der Waals surface area (Å²) in [7, 11) is 4.04. The van der Waals surface area contributed by atoms with E-state index in [-0.39, 0.29) is 0 Å². The zero-order valence-electron chi connectivity index (χ0n) is 10.5. The molecule has 86 valence electrons. The molecule has 2 nitrogen and oxygen atoms in total. The minimum atomic E-state index is 0.950. The van der Waals surface area contributed by atoms with Gasteiger partial charge in [0.15, 0.2) is 0 Å².